The van der Waals surface area contributed by atoms with E-state index in [4.69, 9.17) is 4.74 Å². The zero-order valence-electron chi connectivity index (χ0n) is 13.1. The van der Waals surface area contributed by atoms with Gasteiger partial charge in [-0.2, -0.15) is 0 Å². The van der Waals surface area contributed by atoms with Crippen LogP contribution in [0.25, 0.3) is 28.4 Å². The second-order valence-electron chi connectivity index (χ2n) is 5.59. The van der Waals surface area contributed by atoms with Crippen LogP contribution in [0.5, 0.6) is 5.75 Å². The number of para-hydroxylation sites is 1. The minimum Gasteiger partial charge on any atom is -0.494 e. The van der Waals surface area contributed by atoms with Gasteiger partial charge < -0.3 is 14.7 Å². The van der Waals surface area contributed by atoms with E-state index in [1.54, 1.807) is 7.11 Å². The number of hydrogen-bond donors (Lipinski definition) is 2. The first-order valence-electron chi connectivity index (χ1n) is 7.53. The Morgan fingerprint density at radius 1 is 1.04 bits per heavy atom. The Morgan fingerprint density at radius 2 is 1.87 bits per heavy atom. The molecule has 2 aromatic heterocycles. The summed E-state index contributed by atoms with van der Waals surface area (Å²) in [4.78, 5) is 11.3. The number of H-pyrrole nitrogens is 2. The number of hydrogen-bond acceptors (Lipinski definition) is 2. The maximum atomic E-state index is 5.50. The van der Waals surface area contributed by atoms with Gasteiger partial charge in [-0.1, -0.05) is 18.2 Å². The van der Waals surface area contributed by atoms with E-state index < -0.39 is 0 Å². The number of nitrogens with zero attached hydrogens (tertiary/aromatic N) is 1. The van der Waals surface area contributed by atoms with Crippen molar-refractivity contribution in [1.29, 1.82) is 0 Å². The van der Waals surface area contributed by atoms with Gasteiger partial charge >= 0.3 is 0 Å². The topological polar surface area (TPSA) is 53.2 Å². The fraction of sp³-hybridized carbons (Fsp3) is 0.105. The number of aromatic amines is 2. The minimum absolute atomic E-state index is 0.805. The highest BCUT2D eigenvalue weighted by molar-refractivity contribution is 5.97. The monoisotopic (exact) mass is 303 g/mol. The van der Waals surface area contributed by atoms with Crippen LogP contribution in [0.1, 0.15) is 12.6 Å². The molecule has 4 heteroatoms. The molecular weight excluding hydrogens is 286 g/mol. The molecule has 3 heterocycles. The minimum atomic E-state index is 0.805. The molecular formula is C19H17N3O. The highest BCUT2D eigenvalue weighted by atomic mass is 16.5. The van der Waals surface area contributed by atoms with Crippen molar-refractivity contribution in [3.8, 4) is 17.1 Å². The van der Waals surface area contributed by atoms with E-state index in [1.165, 1.54) is 5.39 Å². The highest BCUT2D eigenvalue weighted by Crippen LogP contribution is 2.30. The molecule has 23 heavy (non-hydrogen) atoms. The van der Waals surface area contributed by atoms with Crippen molar-refractivity contribution in [2.24, 2.45) is 4.99 Å². The largest absolute Gasteiger partial charge is 0.494 e. The summed E-state index contributed by atoms with van der Waals surface area (Å²) in [6.45, 7) is 1.99. The molecule has 1 aromatic carbocycles. The molecule has 2 N–H and O–H groups in total. The Labute approximate surface area is 134 Å². The Kier molecular flexibility index (Phi) is 3.15. The van der Waals surface area contributed by atoms with Crippen LogP contribution in [0.2, 0.25) is 0 Å². The lowest BCUT2D eigenvalue weighted by Gasteiger charge is -1.97. The molecule has 1 aliphatic heterocycles. The summed E-state index contributed by atoms with van der Waals surface area (Å²) in [5.41, 5.74) is 6.00. The number of aromatic nitrogens is 2. The van der Waals surface area contributed by atoms with Crippen molar-refractivity contribution in [3.05, 3.63) is 59.9 Å². The number of fused-ring (bicyclic) bond motifs is 1. The van der Waals surface area contributed by atoms with Crippen molar-refractivity contribution >= 4 is 22.7 Å². The molecule has 114 valence electrons. The number of ether oxygens (including phenoxy) is 1. The second kappa shape index (κ2) is 5.32. The molecule has 0 aliphatic carbocycles. The molecule has 0 unspecified atom stereocenters. The van der Waals surface area contributed by atoms with Crippen LogP contribution >= 0.6 is 0 Å². The molecule has 0 saturated carbocycles. The molecule has 4 rings (SSSR count). The predicted molar refractivity (Wildman–Crippen MR) is 94.9 cm³/mol. The Balaban J connectivity index is 1.77. The van der Waals surface area contributed by atoms with Gasteiger partial charge in [-0.05, 0) is 37.3 Å². The lowest BCUT2D eigenvalue weighted by molar-refractivity contribution is 0.414. The van der Waals surface area contributed by atoms with Gasteiger partial charge in [0, 0.05) is 22.7 Å². The zero-order valence-corrected chi connectivity index (χ0v) is 13.1. The van der Waals surface area contributed by atoms with Gasteiger partial charge in [-0.15, -0.1) is 0 Å². The van der Waals surface area contributed by atoms with Crippen molar-refractivity contribution in [2.45, 2.75) is 6.92 Å². The molecule has 1 aliphatic rings. The molecule has 0 amide bonds. The van der Waals surface area contributed by atoms with E-state index >= 15 is 0 Å². The van der Waals surface area contributed by atoms with E-state index in [0.29, 0.717) is 0 Å². The summed E-state index contributed by atoms with van der Waals surface area (Å²) in [5.74, 6) is 0.805. The van der Waals surface area contributed by atoms with Gasteiger partial charge in [0.25, 0.3) is 0 Å². The van der Waals surface area contributed by atoms with Crippen LogP contribution in [0.15, 0.2) is 59.2 Å². The van der Waals surface area contributed by atoms with Gasteiger partial charge in [0.2, 0.25) is 0 Å². The summed E-state index contributed by atoms with van der Waals surface area (Å²) in [6.07, 6.45) is 6.00. The van der Waals surface area contributed by atoms with Gasteiger partial charge in [-0.25, -0.2) is 0 Å². The first-order valence-corrected chi connectivity index (χ1v) is 7.53. The van der Waals surface area contributed by atoms with E-state index in [9.17, 15) is 0 Å². The Bertz CT molecular complexity index is 937. The molecule has 0 radical (unpaired) electrons. The summed E-state index contributed by atoms with van der Waals surface area (Å²) in [5, 5.41) is 1.19. The van der Waals surface area contributed by atoms with Crippen molar-refractivity contribution in [3.63, 3.8) is 0 Å². The summed E-state index contributed by atoms with van der Waals surface area (Å²) in [6, 6.07) is 12.4. The third kappa shape index (κ3) is 2.48. The fourth-order valence-corrected chi connectivity index (χ4v) is 2.80. The smallest absolute Gasteiger partial charge is 0.144 e. The summed E-state index contributed by atoms with van der Waals surface area (Å²) < 4.78 is 5.50. The number of nitrogens with one attached hydrogen (secondary N) is 2. The van der Waals surface area contributed by atoms with Gasteiger partial charge in [0.15, 0.2) is 0 Å². The predicted octanol–water partition coefficient (Wildman–Crippen LogP) is 4.54. The van der Waals surface area contributed by atoms with Crippen LogP contribution < -0.4 is 4.74 Å². The standard InChI is InChI=1S/C19H17N3O/c1-12-7-8-14(20-12)10-18-19(23-2)11-17(22-18)16-9-13-5-3-4-6-15(13)21-16/h3-11,21-22H,1-2H3/b14-10-. The average molecular weight is 303 g/mol. The fourth-order valence-electron chi connectivity index (χ4n) is 2.80. The Hall–Kier alpha value is -3.01. The van der Waals surface area contributed by atoms with E-state index in [0.717, 1.165) is 39.8 Å². The molecule has 3 aromatic rings. The second-order valence-corrected chi connectivity index (χ2v) is 5.59. The van der Waals surface area contributed by atoms with Crippen LogP contribution in [0.3, 0.4) is 0 Å². The van der Waals surface area contributed by atoms with E-state index in [2.05, 4.69) is 33.2 Å². The van der Waals surface area contributed by atoms with Crippen LogP contribution in [-0.4, -0.2) is 22.8 Å². The number of allylic oxidation sites excluding steroid dienone is 2. The summed E-state index contributed by atoms with van der Waals surface area (Å²) in [7, 11) is 1.68. The van der Waals surface area contributed by atoms with E-state index in [-0.39, 0.29) is 0 Å². The molecule has 0 atom stereocenters. The number of aliphatic imine (C=N–C) groups is 1. The van der Waals surface area contributed by atoms with Crippen LogP contribution in [0.4, 0.5) is 0 Å². The molecule has 0 saturated heterocycles. The lowest BCUT2D eigenvalue weighted by Crippen LogP contribution is -1.83. The molecule has 4 nitrogen and oxygen atoms in total. The van der Waals surface area contributed by atoms with Crippen LogP contribution in [-0.2, 0) is 0 Å². The van der Waals surface area contributed by atoms with Crippen molar-refractivity contribution < 1.29 is 4.74 Å². The zero-order chi connectivity index (χ0) is 15.8. The van der Waals surface area contributed by atoms with Gasteiger partial charge in [0.1, 0.15) is 5.75 Å². The first-order chi connectivity index (χ1) is 11.2. The van der Waals surface area contributed by atoms with E-state index in [1.807, 2.05) is 43.4 Å². The van der Waals surface area contributed by atoms with Crippen molar-refractivity contribution in [1.82, 2.24) is 9.97 Å². The lowest BCUT2D eigenvalue weighted by atomic mass is 10.2. The molecule has 0 fully saturated rings. The SMILES string of the molecule is COc1cc(-c2cc3ccccc3[nH]2)[nH]c1/C=C1/C=CC(C)=N1. The maximum absolute atomic E-state index is 5.50. The maximum Gasteiger partial charge on any atom is 0.144 e. The third-order valence-electron chi connectivity index (χ3n) is 3.94. The van der Waals surface area contributed by atoms with Gasteiger partial charge in [-0.3, -0.25) is 4.99 Å². The number of benzene rings is 1. The Morgan fingerprint density at radius 3 is 2.61 bits per heavy atom. The molecule has 0 spiro atoms. The molecule has 0 bridgehead atoms. The number of methoxy groups -OCH3 is 1. The first kappa shape index (κ1) is 13.6. The van der Waals surface area contributed by atoms with Crippen LogP contribution in [0, 0.1) is 0 Å². The number of rotatable bonds is 3. The normalized spacial score (nSPS) is 15.6. The quantitative estimate of drug-likeness (QED) is 0.733. The highest BCUT2D eigenvalue weighted by Gasteiger charge is 2.11. The van der Waals surface area contributed by atoms with Crippen molar-refractivity contribution in [2.75, 3.05) is 7.11 Å². The third-order valence-corrected chi connectivity index (χ3v) is 3.94. The average Bonchev–Trinajstić information content (AvgIpc) is 3.25. The summed E-state index contributed by atoms with van der Waals surface area (Å²) >= 11 is 0. The van der Waals surface area contributed by atoms with Gasteiger partial charge in [0.05, 0.1) is 29.9 Å².